The maximum Gasteiger partial charge on any atom is 0.287 e. The van der Waals surface area contributed by atoms with Crippen molar-refractivity contribution in [2.24, 2.45) is 30.7 Å². The zero-order chi connectivity index (χ0) is 30.1. The molecule has 2 aromatic rings. The third kappa shape index (κ3) is 6.13. The maximum atomic E-state index is 13.3. The summed E-state index contributed by atoms with van der Waals surface area (Å²) in [5.41, 5.74) is -0.453. The van der Waals surface area contributed by atoms with Gasteiger partial charge in [0.15, 0.2) is 0 Å². The molecule has 14 heteroatoms. The normalized spacial score (nSPS) is 24.2. The smallest absolute Gasteiger partial charge is 0.287 e. The van der Waals surface area contributed by atoms with Crippen LogP contribution in [-0.4, -0.2) is 62.9 Å². The molecule has 4 N–H and O–H groups in total. The number of halogens is 1. The summed E-state index contributed by atoms with van der Waals surface area (Å²) in [4.78, 5) is 76.3. The minimum absolute atomic E-state index is 0.0825. The molecule has 4 fully saturated rings. The Morgan fingerprint density at radius 1 is 1.12 bits per heavy atom. The molecule has 6 rings (SSSR count). The van der Waals surface area contributed by atoms with Crippen molar-refractivity contribution < 1.29 is 24.0 Å². The standard InChI is InChI=1S/C28H34IN7O6/c1-30-26(40)21(37)6-5-19(32-27(41)24-18(29)12-31-35(24)2)25(39)33-20-4-3-7-36(28(20)42)13-22(38)34-23-16-9-14-8-15(11-16)17(23)10-14/h3-4,7,12,14-17,19,23H,5-6,8-11,13H2,1-2H3,(H,30,40)(H,32,41)(H,33,39)(H,34,38)/t14?,15?,16?,17?,19-,23?/m0/s1. The topological polar surface area (TPSA) is 173 Å². The Morgan fingerprint density at radius 2 is 1.88 bits per heavy atom. The summed E-state index contributed by atoms with van der Waals surface area (Å²) in [6, 6.07) is 1.86. The number of ketones is 1. The number of nitrogens with zero attached hydrogens (tertiary/aromatic N) is 3. The summed E-state index contributed by atoms with van der Waals surface area (Å²) < 4.78 is 3.14. The van der Waals surface area contributed by atoms with Crippen LogP contribution in [0.25, 0.3) is 0 Å². The van der Waals surface area contributed by atoms with Crippen LogP contribution in [0.4, 0.5) is 5.69 Å². The third-order valence-corrected chi connectivity index (χ3v) is 9.64. The van der Waals surface area contributed by atoms with Crippen molar-refractivity contribution >= 4 is 57.7 Å². The van der Waals surface area contributed by atoms with Gasteiger partial charge in [-0.05, 0) is 90.5 Å². The lowest BCUT2D eigenvalue weighted by molar-refractivity contribution is -0.137. The molecule has 6 atom stereocenters. The second kappa shape index (κ2) is 12.4. The number of anilines is 1. The van der Waals surface area contributed by atoms with Gasteiger partial charge in [0.1, 0.15) is 24.0 Å². The minimum atomic E-state index is -1.25. The van der Waals surface area contributed by atoms with E-state index >= 15 is 0 Å². The zero-order valence-corrected chi connectivity index (χ0v) is 25.5. The number of hydrogen-bond donors (Lipinski definition) is 4. The quantitative estimate of drug-likeness (QED) is 0.197. The molecule has 0 radical (unpaired) electrons. The van der Waals surface area contributed by atoms with E-state index < -0.39 is 35.1 Å². The van der Waals surface area contributed by atoms with Crippen molar-refractivity contribution in [1.29, 1.82) is 0 Å². The van der Waals surface area contributed by atoms with E-state index in [1.165, 1.54) is 54.0 Å². The van der Waals surface area contributed by atoms with Gasteiger partial charge in [-0.1, -0.05) is 0 Å². The SMILES string of the molecule is CNC(=O)C(=O)CC[C@H](NC(=O)c1c(I)cnn1C)C(=O)Nc1cccn(CC(=O)NC2C3CC4CC(C3)C2C4)c1=O. The van der Waals surface area contributed by atoms with Gasteiger partial charge in [-0.25, -0.2) is 0 Å². The molecule has 4 amide bonds. The Labute approximate surface area is 255 Å². The Kier molecular flexibility index (Phi) is 8.80. The molecule has 5 unspecified atom stereocenters. The highest BCUT2D eigenvalue weighted by atomic mass is 127. The van der Waals surface area contributed by atoms with Crippen molar-refractivity contribution in [2.75, 3.05) is 12.4 Å². The van der Waals surface area contributed by atoms with Crippen LogP contribution >= 0.6 is 22.6 Å². The summed E-state index contributed by atoms with van der Waals surface area (Å²) in [7, 11) is 2.89. The second-order valence-corrected chi connectivity index (χ2v) is 12.6. The summed E-state index contributed by atoms with van der Waals surface area (Å²) >= 11 is 1.94. The number of carbonyl (C=O) groups is 5. The molecule has 224 valence electrons. The number of likely N-dealkylation sites (N-methyl/N-ethyl adjacent to an activating group) is 1. The number of amides is 4. The van der Waals surface area contributed by atoms with E-state index in [0.29, 0.717) is 21.3 Å². The predicted molar refractivity (Wildman–Crippen MR) is 159 cm³/mol. The molecule has 0 aliphatic heterocycles. The molecule has 42 heavy (non-hydrogen) atoms. The fourth-order valence-electron chi connectivity index (χ4n) is 7.01. The molecule has 4 saturated carbocycles. The van der Waals surface area contributed by atoms with Crippen molar-refractivity contribution in [1.82, 2.24) is 30.3 Å². The fourth-order valence-corrected chi connectivity index (χ4v) is 7.73. The molecule has 4 bridgehead atoms. The zero-order valence-electron chi connectivity index (χ0n) is 23.4. The number of nitrogens with one attached hydrogen (secondary N) is 4. The van der Waals surface area contributed by atoms with Gasteiger partial charge in [0.05, 0.1) is 9.77 Å². The molecule has 2 heterocycles. The summed E-state index contributed by atoms with van der Waals surface area (Å²) in [5, 5.41) is 14.6. The Bertz CT molecular complexity index is 1460. The number of carbonyl (C=O) groups excluding carboxylic acids is 5. The van der Waals surface area contributed by atoms with Crippen LogP contribution in [0.15, 0.2) is 29.3 Å². The van der Waals surface area contributed by atoms with Crippen molar-refractivity contribution in [2.45, 2.75) is 57.2 Å². The highest BCUT2D eigenvalue weighted by Crippen LogP contribution is 2.58. The van der Waals surface area contributed by atoms with E-state index in [1.54, 1.807) is 13.1 Å². The Hall–Kier alpha value is -3.56. The maximum absolute atomic E-state index is 13.3. The van der Waals surface area contributed by atoms with Crippen LogP contribution in [0.5, 0.6) is 0 Å². The number of hydrogen-bond acceptors (Lipinski definition) is 7. The predicted octanol–water partition coefficient (Wildman–Crippen LogP) is 0.570. The van der Waals surface area contributed by atoms with Crippen LogP contribution in [0, 0.1) is 27.2 Å². The third-order valence-electron chi connectivity index (χ3n) is 8.85. The highest BCUT2D eigenvalue weighted by molar-refractivity contribution is 14.1. The second-order valence-electron chi connectivity index (χ2n) is 11.5. The van der Waals surface area contributed by atoms with E-state index in [9.17, 15) is 28.8 Å². The molecule has 0 aromatic carbocycles. The van der Waals surface area contributed by atoms with Crippen LogP contribution in [0.2, 0.25) is 0 Å². The monoisotopic (exact) mass is 691 g/mol. The van der Waals surface area contributed by atoms with Gasteiger partial charge >= 0.3 is 0 Å². The summed E-state index contributed by atoms with van der Waals surface area (Å²) in [6.45, 7) is -0.188. The van der Waals surface area contributed by atoms with Crippen molar-refractivity contribution in [3.63, 3.8) is 0 Å². The largest absolute Gasteiger partial charge is 0.353 e. The lowest BCUT2D eigenvalue weighted by Crippen LogP contribution is -2.47. The minimum Gasteiger partial charge on any atom is -0.353 e. The number of rotatable bonds is 11. The fraction of sp³-hybridized carbons (Fsp3) is 0.536. The van der Waals surface area contributed by atoms with E-state index in [4.69, 9.17) is 0 Å². The van der Waals surface area contributed by atoms with E-state index in [0.717, 1.165) is 12.3 Å². The van der Waals surface area contributed by atoms with E-state index in [1.807, 2.05) is 22.6 Å². The molecule has 4 aliphatic carbocycles. The average Bonchev–Trinajstić information content (AvgIpc) is 3.53. The van der Waals surface area contributed by atoms with E-state index in [2.05, 4.69) is 26.4 Å². The number of aromatic nitrogens is 3. The molecule has 0 saturated heterocycles. The van der Waals surface area contributed by atoms with Crippen molar-refractivity contribution in [3.05, 3.63) is 44.1 Å². The first-order valence-electron chi connectivity index (χ1n) is 14.1. The van der Waals surface area contributed by atoms with Crippen molar-refractivity contribution in [3.8, 4) is 0 Å². The van der Waals surface area contributed by atoms with Gasteiger partial charge < -0.3 is 25.8 Å². The van der Waals surface area contributed by atoms with Crippen LogP contribution < -0.4 is 26.8 Å². The van der Waals surface area contributed by atoms with Crippen LogP contribution in [-0.2, 0) is 32.8 Å². The summed E-state index contributed by atoms with van der Waals surface area (Å²) in [5.74, 6) is -0.649. The number of pyridine rings is 1. The highest BCUT2D eigenvalue weighted by Gasteiger charge is 2.54. The number of aryl methyl sites for hydroxylation is 1. The lowest BCUT2D eigenvalue weighted by Gasteiger charge is -2.32. The average molecular weight is 692 g/mol. The molecular formula is C28H34IN7O6. The number of Topliss-reactive ketones (excluding diaryl/α,β-unsaturated/α-hetero) is 1. The molecule has 13 nitrogen and oxygen atoms in total. The first kappa shape index (κ1) is 29.9. The lowest BCUT2D eigenvalue weighted by atomic mass is 9.79. The van der Waals surface area contributed by atoms with Gasteiger partial charge in [0, 0.05) is 32.8 Å². The molecular weight excluding hydrogens is 657 g/mol. The first-order chi connectivity index (χ1) is 20.0. The van der Waals surface area contributed by atoms with Gasteiger partial charge in [0.2, 0.25) is 17.6 Å². The molecule has 2 aromatic heterocycles. The first-order valence-corrected chi connectivity index (χ1v) is 15.2. The molecule has 4 aliphatic rings. The Balaban J connectivity index is 1.26. The van der Waals surface area contributed by atoms with Crippen LogP contribution in [0.3, 0.4) is 0 Å². The van der Waals surface area contributed by atoms with Gasteiger partial charge in [-0.3, -0.25) is 33.4 Å². The van der Waals surface area contributed by atoms with E-state index in [-0.39, 0.29) is 42.7 Å². The van der Waals surface area contributed by atoms with Gasteiger partial charge in [-0.2, -0.15) is 5.10 Å². The van der Waals surface area contributed by atoms with Crippen LogP contribution in [0.1, 0.15) is 49.0 Å². The van der Waals surface area contributed by atoms with Gasteiger partial charge in [0.25, 0.3) is 17.4 Å². The van der Waals surface area contributed by atoms with Gasteiger partial charge in [-0.15, -0.1) is 0 Å². The summed E-state index contributed by atoms with van der Waals surface area (Å²) in [6.07, 6.45) is 7.22. The molecule has 0 spiro atoms. The Morgan fingerprint density at radius 3 is 2.57 bits per heavy atom.